The van der Waals surface area contributed by atoms with E-state index in [0.29, 0.717) is 5.92 Å². The first kappa shape index (κ1) is 17.9. The van der Waals surface area contributed by atoms with Crippen LogP contribution in [0.2, 0.25) is 0 Å². The van der Waals surface area contributed by atoms with E-state index in [1.807, 2.05) is 24.3 Å². The SMILES string of the molecule is O=C1Nc2ccccc2C(C2CCCC2)=NC1CCOCC(F)(F)F. The molecule has 1 amide bonds. The second-order valence-corrected chi connectivity index (χ2v) is 6.50. The molecule has 25 heavy (non-hydrogen) atoms. The number of halogens is 3. The fourth-order valence-electron chi connectivity index (χ4n) is 3.43. The molecular formula is C18H21F3N2O2. The van der Waals surface area contributed by atoms with Crippen molar-refractivity contribution in [3.8, 4) is 0 Å². The smallest absolute Gasteiger partial charge is 0.372 e. The Labute approximate surface area is 144 Å². The number of nitrogens with zero attached hydrogens (tertiary/aromatic N) is 1. The van der Waals surface area contributed by atoms with Crippen LogP contribution >= 0.6 is 0 Å². The van der Waals surface area contributed by atoms with Gasteiger partial charge in [-0.2, -0.15) is 13.2 Å². The molecule has 1 saturated carbocycles. The summed E-state index contributed by atoms with van der Waals surface area (Å²) in [5, 5.41) is 2.85. The van der Waals surface area contributed by atoms with Gasteiger partial charge in [-0.1, -0.05) is 31.0 Å². The molecule has 7 heteroatoms. The number of hydrogen-bond acceptors (Lipinski definition) is 3. The van der Waals surface area contributed by atoms with Crippen LogP contribution in [0.15, 0.2) is 29.3 Å². The monoisotopic (exact) mass is 354 g/mol. The van der Waals surface area contributed by atoms with Crippen LogP contribution in [0.3, 0.4) is 0 Å². The summed E-state index contributed by atoms with van der Waals surface area (Å²) in [6, 6.07) is 6.80. The van der Waals surface area contributed by atoms with Gasteiger partial charge in [0.25, 0.3) is 0 Å². The Morgan fingerprint density at radius 2 is 1.92 bits per heavy atom. The molecule has 0 aromatic heterocycles. The highest BCUT2D eigenvalue weighted by Crippen LogP contribution is 2.33. The number of aliphatic imine (C=N–C) groups is 1. The van der Waals surface area contributed by atoms with Crippen LogP contribution in [-0.2, 0) is 9.53 Å². The molecule has 0 spiro atoms. The standard InChI is InChI=1S/C18H21F3N2O2/c19-18(20,21)11-25-10-9-15-17(24)23-14-8-4-3-7-13(14)16(22-15)12-5-1-2-6-12/h3-4,7-8,12,15H,1-2,5-6,9-11H2,(H,23,24). The van der Waals surface area contributed by atoms with E-state index >= 15 is 0 Å². The first-order valence-electron chi connectivity index (χ1n) is 8.56. The van der Waals surface area contributed by atoms with Crippen molar-refractivity contribution in [2.45, 2.75) is 44.3 Å². The number of carbonyl (C=O) groups excluding carboxylic acids is 1. The van der Waals surface area contributed by atoms with E-state index in [-0.39, 0.29) is 18.9 Å². The Morgan fingerprint density at radius 3 is 2.64 bits per heavy atom. The van der Waals surface area contributed by atoms with Crippen molar-refractivity contribution in [1.29, 1.82) is 0 Å². The molecule has 4 nitrogen and oxygen atoms in total. The van der Waals surface area contributed by atoms with Crippen molar-refractivity contribution < 1.29 is 22.7 Å². The summed E-state index contributed by atoms with van der Waals surface area (Å²) < 4.78 is 41.2. The molecule has 1 N–H and O–H groups in total. The summed E-state index contributed by atoms with van der Waals surface area (Å²) >= 11 is 0. The van der Waals surface area contributed by atoms with E-state index in [1.54, 1.807) is 0 Å². The molecule has 0 radical (unpaired) electrons. The number of amides is 1. The molecule has 0 saturated heterocycles. The van der Waals surface area contributed by atoms with E-state index in [1.165, 1.54) is 0 Å². The van der Waals surface area contributed by atoms with Gasteiger partial charge in [-0.05, 0) is 18.9 Å². The Balaban J connectivity index is 1.77. The lowest BCUT2D eigenvalue weighted by molar-refractivity contribution is -0.174. The van der Waals surface area contributed by atoms with Crippen LogP contribution in [0, 0.1) is 5.92 Å². The predicted molar refractivity (Wildman–Crippen MR) is 88.8 cm³/mol. The zero-order valence-corrected chi connectivity index (χ0v) is 13.8. The fourth-order valence-corrected chi connectivity index (χ4v) is 3.43. The maximum Gasteiger partial charge on any atom is 0.411 e. The molecule has 3 rings (SSSR count). The molecule has 1 fully saturated rings. The number of hydrogen-bond donors (Lipinski definition) is 1. The summed E-state index contributed by atoms with van der Waals surface area (Å²) in [6.07, 6.45) is 0.0861. The lowest BCUT2D eigenvalue weighted by atomic mass is 9.94. The van der Waals surface area contributed by atoms with Crippen molar-refractivity contribution in [3.05, 3.63) is 29.8 Å². The minimum Gasteiger partial charge on any atom is -0.372 e. The molecule has 1 aliphatic carbocycles. The summed E-state index contributed by atoms with van der Waals surface area (Å²) in [7, 11) is 0. The highest BCUT2D eigenvalue weighted by Gasteiger charge is 2.31. The number of fused-ring (bicyclic) bond motifs is 1. The molecule has 1 atom stereocenters. The molecule has 1 heterocycles. The van der Waals surface area contributed by atoms with Crippen molar-refractivity contribution in [1.82, 2.24) is 0 Å². The molecule has 1 aromatic rings. The fraction of sp³-hybridized carbons (Fsp3) is 0.556. The number of benzene rings is 1. The Bertz CT molecular complexity index is 652. The third-order valence-corrected chi connectivity index (χ3v) is 4.60. The van der Waals surface area contributed by atoms with Crippen LogP contribution < -0.4 is 5.32 Å². The lowest BCUT2D eigenvalue weighted by Crippen LogP contribution is -2.28. The summed E-state index contributed by atoms with van der Waals surface area (Å²) in [6.45, 7) is -1.46. The third-order valence-electron chi connectivity index (χ3n) is 4.60. The third kappa shape index (κ3) is 4.60. The van der Waals surface area contributed by atoms with Crippen molar-refractivity contribution in [3.63, 3.8) is 0 Å². The van der Waals surface area contributed by atoms with Crippen LogP contribution in [0.4, 0.5) is 18.9 Å². The van der Waals surface area contributed by atoms with Gasteiger partial charge < -0.3 is 10.1 Å². The van der Waals surface area contributed by atoms with Gasteiger partial charge in [0.1, 0.15) is 12.6 Å². The van der Waals surface area contributed by atoms with Gasteiger partial charge in [0.15, 0.2) is 0 Å². The number of anilines is 1. The van der Waals surface area contributed by atoms with Crippen LogP contribution in [-0.4, -0.2) is 37.1 Å². The topological polar surface area (TPSA) is 50.7 Å². The average molecular weight is 354 g/mol. The van der Waals surface area contributed by atoms with E-state index in [4.69, 9.17) is 0 Å². The Kier molecular flexibility index (Phi) is 5.42. The van der Waals surface area contributed by atoms with E-state index in [0.717, 1.165) is 42.6 Å². The van der Waals surface area contributed by atoms with Crippen LogP contribution in [0.25, 0.3) is 0 Å². The maximum atomic E-state index is 12.4. The quantitative estimate of drug-likeness (QED) is 0.814. The number of benzodiazepines with no additional fused rings is 1. The minimum absolute atomic E-state index is 0.131. The Hall–Kier alpha value is -1.89. The van der Waals surface area contributed by atoms with Crippen molar-refractivity contribution >= 4 is 17.3 Å². The molecule has 136 valence electrons. The van der Waals surface area contributed by atoms with Gasteiger partial charge in [-0.25, -0.2) is 0 Å². The van der Waals surface area contributed by atoms with Crippen molar-refractivity contribution in [2.75, 3.05) is 18.5 Å². The number of para-hydroxylation sites is 1. The molecular weight excluding hydrogens is 333 g/mol. The van der Waals surface area contributed by atoms with Gasteiger partial charge in [0.05, 0.1) is 0 Å². The highest BCUT2D eigenvalue weighted by atomic mass is 19.4. The summed E-state index contributed by atoms with van der Waals surface area (Å²) in [5.74, 6) is 0.00324. The number of carbonyl (C=O) groups is 1. The van der Waals surface area contributed by atoms with Crippen LogP contribution in [0.5, 0.6) is 0 Å². The van der Waals surface area contributed by atoms with E-state index in [2.05, 4.69) is 15.0 Å². The summed E-state index contributed by atoms with van der Waals surface area (Å²) in [5.41, 5.74) is 2.53. The first-order valence-corrected chi connectivity index (χ1v) is 8.56. The van der Waals surface area contributed by atoms with Crippen molar-refractivity contribution in [2.24, 2.45) is 10.9 Å². The second kappa shape index (κ2) is 7.56. The number of nitrogens with one attached hydrogen (secondary N) is 1. The van der Waals surface area contributed by atoms with Gasteiger partial charge in [0.2, 0.25) is 5.91 Å². The molecule has 1 aliphatic heterocycles. The zero-order chi connectivity index (χ0) is 17.9. The lowest BCUT2D eigenvalue weighted by Gasteiger charge is -2.15. The Morgan fingerprint density at radius 1 is 1.20 bits per heavy atom. The minimum atomic E-state index is -4.36. The second-order valence-electron chi connectivity index (χ2n) is 6.50. The average Bonchev–Trinajstić information content (AvgIpc) is 3.04. The predicted octanol–water partition coefficient (Wildman–Crippen LogP) is 3.96. The van der Waals surface area contributed by atoms with Gasteiger partial charge in [-0.3, -0.25) is 9.79 Å². The van der Waals surface area contributed by atoms with E-state index in [9.17, 15) is 18.0 Å². The maximum absolute atomic E-state index is 12.4. The molecule has 0 bridgehead atoms. The zero-order valence-electron chi connectivity index (χ0n) is 13.8. The molecule has 1 unspecified atom stereocenters. The van der Waals surface area contributed by atoms with Crippen LogP contribution in [0.1, 0.15) is 37.7 Å². The number of alkyl halides is 3. The molecule has 2 aliphatic rings. The molecule has 1 aromatic carbocycles. The van der Waals surface area contributed by atoms with E-state index < -0.39 is 18.8 Å². The normalized spacial score (nSPS) is 21.5. The number of rotatable bonds is 5. The van der Waals surface area contributed by atoms with Gasteiger partial charge in [-0.15, -0.1) is 0 Å². The first-order chi connectivity index (χ1) is 11.9. The number of ether oxygens (including phenoxy) is 1. The largest absolute Gasteiger partial charge is 0.411 e. The van der Waals surface area contributed by atoms with Gasteiger partial charge >= 0.3 is 6.18 Å². The highest BCUT2D eigenvalue weighted by molar-refractivity contribution is 6.12. The van der Waals surface area contributed by atoms with Gasteiger partial charge in [0, 0.05) is 35.9 Å². The summed E-state index contributed by atoms with van der Waals surface area (Å²) in [4.78, 5) is 17.1.